The Bertz CT molecular complexity index is 316. The summed E-state index contributed by atoms with van der Waals surface area (Å²) in [5, 5.41) is 30.4. The van der Waals surface area contributed by atoms with Gasteiger partial charge in [-0.05, 0) is 18.1 Å². The molecule has 0 amide bonds. The zero-order valence-corrected chi connectivity index (χ0v) is 9.48. The van der Waals surface area contributed by atoms with Gasteiger partial charge in [0.2, 0.25) is 0 Å². The van der Waals surface area contributed by atoms with E-state index < -0.39 is 5.54 Å². The molecule has 0 aromatic heterocycles. The Morgan fingerprint density at radius 3 is 2.12 bits per heavy atom. The first kappa shape index (κ1) is 13.1. The topological polar surface area (TPSA) is 72.7 Å². The van der Waals surface area contributed by atoms with E-state index in [1.165, 1.54) is 0 Å². The zero-order chi connectivity index (χ0) is 12.0. The number of aryl methyl sites for hydroxylation is 1. The van der Waals surface area contributed by atoms with E-state index in [1.54, 1.807) is 0 Å². The predicted molar refractivity (Wildman–Crippen MR) is 62.0 cm³/mol. The van der Waals surface area contributed by atoms with Crippen molar-refractivity contribution in [1.82, 2.24) is 5.32 Å². The van der Waals surface area contributed by atoms with Gasteiger partial charge in [-0.3, -0.25) is 0 Å². The lowest BCUT2D eigenvalue weighted by molar-refractivity contribution is 0.0413. The minimum atomic E-state index is -1.01. The molecular formula is C12H19NO3. The van der Waals surface area contributed by atoms with Crippen LogP contribution in [0.4, 0.5) is 0 Å². The minimum Gasteiger partial charge on any atom is -0.394 e. The van der Waals surface area contributed by atoms with E-state index in [2.05, 4.69) is 5.32 Å². The summed E-state index contributed by atoms with van der Waals surface area (Å²) < 4.78 is 0. The van der Waals surface area contributed by atoms with Crippen LogP contribution in [0.2, 0.25) is 0 Å². The molecule has 0 atom stereocenters. The zero-order valence-electron chi connectivity index (χ0n) is 9.48. The number of nitrogens with one attached hydrogen (secondary N) is 1. The molecule has 0 aliphatic heterocycles. The van der Waals surface area contributed by atoms with Gasteiger partial charge in [0.25, 0.3) is 0 Å². The van der Waals surface area contributed by atoms with Gasteiger partial charge in [0, 0.05) is 6.54 Å². The van der Waals surface area contributed by atoms with E-state index in [9.17, 15) is 0 Å². The van der Waals surface area contributed by atoms with E-state index in [0.717, 1.165) is 11.1 Å². The average molecular weight is 225 g/mol. The number of aliphatic hydroxyl groups is 3. The second-order valence-corrected chi connectivity index (χ2v) is 4.03. The van der Waals surface area contributed by atoms with E-state index in [0.29, 0.717) is 6.54 Å². The minimum absolute atomic E-state index is 0.300. The molecule has 4 heteroatoms. The van der Waals surface area contributed by atoms with Crippen LogP contribution in [0.1, 0.15) is 11.1 Å². The lowest BCUT2D eigenvalue weighted by Gasteiger charge is -2.29. The van der Waals surface area contributed by atoms with Gasteiger partial charge in [-0.1, -0.05) is 24.3 Å². The maximum absolute atomic E-state index is 9.14. The normalized spacial score (nSPS) is 11.8. The molecule has 1 aromatic carbocycles. The fraction of sp³-hybridized carbons (Fsp3) is 0.500. The van der Waals surface area contributed by atoms with Gasteiger partial charge < -0.3 is 20.6 Å². The molecule has 0 bridgehead atoms. The van der Waals surface area contributed by atoms with Gasteiger partial charge in [0.15, 0.2) is 0 Å². The molecule has 0 saturated carbocycles. The summed E-state index contributed by atoms with van der Waals surface area (Å²) >= 11 is 0. The molecule has 1 rings (SSSR count). The summed E-state index contributed by atoms with van der Waals surface area (Å²) in [6, 6.07) is 7.85. The third-order valence-corrected chi connectivity index (χ3v) is 2.82. The van der Waals surface area contributed by atoms with Crippen molar-refractivity contribution in [3.8, 4) is 0 Å². The third-order valence-electron chi connectivity index (χ3n) is 2.82. The highest BCUT2D eigenvalue weighted by molar-refractivity contribution is 5.25. The van der Waals surface area contributed by atoms with Gasteiger partial charge >= 0.3 is 0 Å². The van der Waals surface area contributed by atoms with Crippen LogP contribution < -0.4 is 5.32 Å². The molecule has 16 heavy (non-hydrogen) atoms. The maximum atomic E-state index is 9.14. The number of hydrogen-bond acceptors (Lipinski definition) is 4. The van der Waals surface area contributed by atoms with E-state index in [-0.39, 0.29) is 19.8 Å². The van der Waals surface area contributed by atoms with Crippen LogP contribution in [0.15, 0.2) is 24.3 Å². The molecule has 0 aliphatic carbocycles. The highest BCUT2D eigenvalue weighted by Crippen LogP contribution is 2.09. The fourth-order valence-electron chi connectivity index (χ4n) is 1.41. The van der Waals surface area contributed by atoms with Crippen LogP contribution in [0.25, 0.3) is 0 Å². The Balaban J connectivity index is 2.66. The van der Waals surface area contributed by atoms with Gasteiger partial charge in [0.05, 0.1) is 25.4 Å². The molecule has 0 unspecified atom stereocenters. The molecule has 0 aliphatic rings. The third kappa shape index (κ3) is 3.02. The van der Waals surface area contributed by atoms with Gasteiger partial charge in [-0.25, -0.2) is 0 Å². The van der Waals surface area contributed by atoms with Crippen molar-refractivity contribution in [3.05, 3.63) is 35.4 Å². The first-order valence-electron chi connectivity index (χ1n) is 5.29. The van der Waals surface area contributed by atoms with Crippen molar-refractivity contribution < 1.29 is 15.3 Å². The Labute approximate surface area is 95.6 Å². The number of aliphatic hydroxyl groups excluding tert-OH is 3. The van der Waals surface area contributed by atoms with Crippen LogP contribution in [0.5, 0.6) is 0 Å². The summed E-state index contributed by atoms with van der Waals surface area (Å²) in [5.74, 6) is 0. The van der Waals surface area contributed by atoms with Crippen molar-refractivity contribution in [1.29, 1.82) is 0 Å². The SMILES string of the molecule is Cc1ccccc1CNC(CO)(CO)CO. The van der Waals surface area contributed by atoms with E-state index in [1.807, 2.05) is 31.2 Å². The molecule has 4 nitrogen and oxygen atoms in total. The first-order chi connectivity index (χ1) is 7.67. The van der Waals surface area contributed by atoms with Crippen molar-refractivity contribution in [2.45, 2.75) is 19.0 Å². The molecule has 1 aromatic rings. The molecule has 0 fully saturated rings. The molecule has 90 valence electrons. The van der Waals surface area contributed by atoms with Crippen LogP contribution in [-0.2, 0) is 6.54 Å². The summed E-state index contributed by atoms with van der Waals surface area (Å²) in [6.45, 7) is 1.60. The molecular weight excluding hydrogens is 206 g/mol. The van der Waals surface area contributed by atoms with Crippen LogP contribution >= 0.6 is 0 Å². The fourth-order valence-corrected chi connectivity index (χ4v) is 1.41. The Morgan fingerprint density at radius 1 is 1.06 bits per heavy atom. The van der Waals surface area contributed by atoms with Crippen LogP contribution in [0.3, 0.4) is 0 Å². The summed E-state index contributed by atoms with van der Waals surface area (Å²) in [5.41, 5.74) is 1.21. The molecule has 0 spiro atoms. The second-order valence-electron chi connectivity index (χ2n) is 4.03. The maximum Gasteiger partial charge on any atom is 0.0884 e. The first-order valence-corrected chi connectivity index (χ1v) is 5.29. The standard InChI is InChI=1S/C12H19NO3/c1-10-4-2-3-5-11(10)6-13-12(7-14,8-15)9-16/h2-5,13-16H,6-9H2,1H3. The van der Waals surface area contributed by atoms with Crippen molar-refractivity contribution in [2.75, 3.05) is 19.8 Å². The van der Waals surface area contributed by atoms with Crippen LogP contribution in [0, 0.1) is 6.92 Å². The number of benzene rings is 1. The highest BCUT2D eigenvalue weighted by Gasteiger charge is 2.27. The molecule has 4 N–H and O–H groups in total. The highest BCUT2D eigenvalue weighted by atomic mass is 16.3. The van der Waals surface area contributed by atoms with Crippen LogP contribution in [-0.4, -0.2) is 40.7 Å². The second kappa shape index (κ2) is 5.96. The summed E-state index contributed by atoms with van der Waals surface area (Å²) in [7, 11) is 0. The Hall–Kier alpha value is -0.940. The van der Waals surface area contributed by atoms with E-state index in [4.69, 9.17) is 15.3 Å². The molecule has 0 saturated heterocycles. The largest absolute Gasteiger partial charge is 0.394 e. The predicted octanol–water partition coefficient (Wildman–Crippen LogP) is -0.200. The van der Waals surface area contributed by atoms with E-state index >= 15 is 0 Å². The monoisotopic (exact) mass is 225 g/mol. The molecule has 0 radical (unpaired) electrons. The average Bonchev–Trinajstić information content (AvgIpc) is 2.34. The van der Waals surface area contributed by atoms with Gasteiger partial charge in [0.1, 0.15) is 0 Å². The lowest BCUT2D eigenvalue weighted by atomic mass is 10.0. The Kier molecular flexibility index (Phi) is 4.89. The Morgan fingerprint density at radius 2 is 1.62 bits per heavy atom. The lowest BCUT2D eigenvalue weighted by Crippen LogP contribution is -2.54. The van der Waals surface area contributed by atoms with Gasteiger partial charge in [-0.2, -0.15) is 0 Å². The molecule has 0 heterocycles. The number of rotatable bonds is 6. The van der Waals surface area contributed by atoms with Crippen molar-refractivity contribution in [2.24, 2.45) is 0 Å². The summed E-state index contributed by atoms with van der Waals surface area (Å²) in [4.78, 5) is 0. The smallest absolute Gasteiger partial charge is 0.0884 e. The van der Waals surface area contributed by atoms with Crippen molar-refractivity contribution >= 4 is 0 Å². The van der Waals surface area contributed by atoms with Gasteiger partial charge in [-0.15, -0.1) is 0 Å². The summed E-state index contributed by atoms with van der Waals surface area (Å²) in [6.07, 6.45) is 0. The quantitative estimate of drug-likeness (QED) is 0.541. The van der Waals surface area contributed by atoms with Crippen molar-refractivity contribution in [3.63, 3.8) is 0 Å². The number of hydrogen-bond donors (Lipinski definition) is 4.